The summed E-state index contributed by atoms with van der Waals surface area (Å²) in [6.45, 7) is 2.93. The average Bonchev–Trinajstić information content (AvgIpc) is 2.50. The van der Waals surface area contributed by atoms with Gasteiger partial charge in [-0.1, -0.05) is 12.1 Å². The smallest absolute Gasteiger partial charge is 0.259 e. The fraction of sp³-hybridized carbons (Fsp3) is 0.188. The number of aryl methyl sites for hydroxylation is 1. The number of benzene rings is 2. The third kappa shape index (κ3) is 2.88. The highest BCUT2D eigenvalue weighted by Gasteiger charge is 2.20. The highest BCUT2D eigenvalue weighted by molar-refractivity contribution is 9.10. The topological polar surface area (TPSA) is 47.6 Å². The Morgan fingerprint density at radius 3 is 2.86 bits per heavy atom. The summed E-state index contributed by atoms with van der Waals surface area (Å²) in [6.07, 6.45) is 0. The molecule has 0 saturated carbocycles. The summed E-state index contributed by atoms with van der Waals surface area (Å²) >= 11 is 3.44. The maximum atomic E-state index is 12.5. The monoisotopic (exact) mass is 347 g/mol. The fourth-order valence-corrected chi connectivity index (χ4v) is 2.52. The molecule has 3 rings (SSSR count). The van der Waals surface area contributed by atoms with Crippen molar-refractivity contribution in [2.45, 2.75) is 6.92 Å². The number of fused-ring (bicyclic) bond motifs is 1. The zero-order valence-corrected chi connectivity index (χ0v) is 13.1. The molecule has 2 aromatic rings. The number of amides is 1. The summed E-state index contributed by atoms with van der Waals surface area (Å²) in [7, 11) is 0. The van der Waals surface area contributed by atoms with Gasteiger partial charge in [0.2, 0.25) is 0 Å². The van der Waals surface area contributed by atoms with E-state index in [2.05, 4.69) is 21.2 Å². The van der Waals surface area contributed by atoms with Crippen LogP contribution in [0.15, 0.2) is 40.9 Å². The van der Waals surface area contributed by atoms with Gasteiger partial charge < -0.3 is 14.8 Å². The summed E-state index contributed by atoms with van der Waals surface area (Å²) in [6, 6.07) is 11.1. The van der Waals surface area contributed by atoms with Gasteiger partial charge in [-0.15, -0.1) is 0 Å². The van der Waals surface area contributed by atoms with Crippen LogP contribution in [-0.2, 0) is 0 Å². The second kappa shape index (κ2) is 5.77. The number of para-hydroxylation sites is 1. The molecule has 0 atom stereocenters. The van der Waals surface area contributed by atoms with Crippen molar-refractivity contribution in [3.8, 4) is 11.5 Å². The van der Waals surface area contributed by atoms with E-state index in [-0.39, 0.29) is 5.91 Å². The molecule has 5 heteroatoms. The first-order valence-corrected chi connectivity index (χ1v) is 7.40. The van der Waals surface area contributed by atoms with E-state index < -0.39 is 0 Å². The van der Waals surface area contributed by atoms with Gasteiger partial charge in [-0.25, -0.2) is 0 Å². The molecule has 0 aliphatic carbocycles. The number of carbonyl (C=O) groups excluding carboxylic acids is 1. The number of hydrogen-bond donors (Lipinski definition) is 1. The molecule has 0 fully saturated rings. The maximum Gasteiger partial charge on any atom is 0.259 e. The fourth-order valence-electron chi connectivity index (χ4n) is 2.18. The van der Waals surface area contributed by atoms with E-state index in [0.717, 1.165) is 15.7 Å². The third-order valence-electron chi connectivity index (χ3n) is 3.18. The van der Waals surface area contributed by atoms with Crippen molar-refractivity contribution >= 4 is 27.5 Å². The van der Waals surface area contributed by atoms with E-state index in [9.17, 15) is 4.79 Å². The Morgan fingerprint density at radius 1 is 1.19 bits per heavy atom. The van der Waals surface area contributed by atoms with Crippen molar-refractivity contribution in [1.82, 2.24) is 0 Å². The summed E-state index contributed by atoms with van der Waals surface area (Å²) in [5.74, 6) is 0.894. The largest absolute Gasteiger partial charge is 0.486 e. The first-order valence-electron chi connectivity index (χ1n) is 6.61. The molecule has 21 heavy (non-hydrogen) atoms. The molecule has 1 heterocycles. The normalized spacial score (nSPS) is 12.9. The highest BCUT2D eigenvalue weighted by atomic mass is 79.9. The Labute approximate surface area is 131 Å². The predicted octanol–water partition coefficient (Wildman–Crippen LogP) is 3.78. The van der Waals surface area contributed by atoms with E-state index in [1.807, 2.05) is 25.1 Å². The van der Waals surface area contributed by atoms with Crippen molar-refractivity contribution < 1.29 is 14.3 Å². The lowest BCUT2D eigenvalue weighted by atomic mass is 10.1. The van der Waals surface area contributed by atoms with E-state index >= 15 is 0 Å². The lowest BCUT2D eigenvalue weighted by Crippen LogP contribution is -2.20. The molecule has 4 nitrogen and oxygen atoms in total. The lowest BCUT2D eigenvalue weighted by molar-refractivity contribution is 0.101. The first-order chi connectivity index (χ1) is 10.1. The number of ether oxygens (including phenoxy) is 2. The second-order valence-corrected chi connectivity index (χ2v) is 5.62. The Morgan fingerprint density at radius 2 is 2.00 bits per heavy atom. The summed E-state index contributed by atoms with van der Waals surface area (Å²) < 4.78 is 11.9. The van der Waals surface area contributed by atoms with E-state index in [1.54, 1.807) is 18.2 Å². The standard InChI is InChI=1S/C16H14BrNO3/c1-10-5-6-12(17)13(9-10)18-16(19)11-3-2-4-14-15(11)21-8-7-20-14/h2-6,9H,7-8H2,1H3,(H,18,19). The highest BCUT2D eigenvalue weighted by Crippen LogP contribution is 2.34. The molecule has 0 saturated heterocycles. The molecular weight excluding hydrogens is 334 g/mol. The Hall–Kier alpha value is -2.01. The number of hydrogen-bond acceptors (Lipinski definition) is 3. The van der Waals surface area contributed by atoms with Gasteiger partial charge in [0.15, 0.2) is 11.5 Å². The average molecular weight is 348 g/mol. The molecular formula is C16H14BrNO3. The quantitative estimate of drug-likeness (QED) is 0.899. The second-order valence-electron chi connectivity index (χ2n) is 4.77. The van der Waals surface area contributed by atoms with Gasteiger partial charge in [-0.05, 0) is 52.7 Å². The zero-order valence-electron chi connectivity index (χ0n) is 11.5. The summed E-state index contributed by atoms with van der Waals surface area (Å²) in [5, 5.41) is 2.90. The van der Waals surface area contributed by atoms with Crippen LogP contribution in [0, 0.1) is 6.92 Å². The SMILES string of the molecule is Cc1ccc(Br)c(NC(=O)c2cccc3c2OCCO3)c1. The van der Waals surface area contributed by atoms with Crippen molar-refractivity contribution in [3.63, 3.8) is 0 Å². The van der Waals surface area contributed by atoms with Gasteiger partial charge in [0.1, 0.15) is 13.2 Å². The van der Waals surface area contributed by atoms with Crippen LogP contribution in [0.5, 0.6) is 11.5 Å². The van der Waals surface area contributed by atoms with Crippen LogP contribution in [0.4, 0.5) is 5.69 Å². The van der Waals surface area contributed by atoms with E-state index in [4.69, 9.17) is 9.47 Å². The predicted molar refractivity (Wildman–Crippen MR) is 84.3 cm³/mol. The van der Waals surface area contributed by atoms with Gasteiger partial charge in [-0.3, -0.25) is 4.79 Å². The minimum atomic E-state index is -0.219. The molecule has 0 spiro atoms. The number of halogens is 1. The Bertz CT molecular complexity index is 700. The number of rotatable bonds is 2. The van der Waals surface area contributed by atoms with Crippen LogP contribution in [0.25, 0.3) is 0 Å². The van der Waals surface area contributed by atoms with Crippen LogP contribution >= 0.6 is 15.9 Å². The molecule has 2 aromatic carbocycles. The van der Waals surface area contributed by atoms with Gasteiger partial charge in [0.25, 0.3) is 5.91 Å². The van der Waals surface area contributed by atoms with Crippen molar-refractivity contribution in [2.24, 2.45) is 0 Å². The van der Waals surface area contributed by atoms with Gasteiger partial charge >= 0.3 is 0 Å². The van der Waals surface area contributed by atoms with Crippen LogP contribution in [0.2, 0.25) is 0 Å². The maximum absolute atomic E-state index is 12.5. The molecule has 0 radical (unpaired) electrons. The lowest BCUT2D eigenvalue weighted by Gasteiger charge is -2.20. The summed E-state index contributed by atoms with van der Waals surface area (Å²) in [4.78, 5) is 12.5. The Kier molecular flexibility index (Phi) is 3.84. The van der Waals surface area contributed by atoms with Crippen LogP contribution in [0.1, 0.15) is 15.9 Å². The zero-order chi connectivity index (χ0) is 14.8. The number of nitrogens with one attached hydrogen (secondary N) is 1. The van der Waals surface area contributed by atoms with Crippen LogP contribution < -0.4 is 14.8 Å². The number of carbonyl (C=O) groups is 1. The van der Waals surface area contributed by atoms with Gasteiger partial charge in [0, 0.05) is 4.47 Å². The number of anilines is 1. The molecule has 1 N–H and O–H groups in total. The molecule has 1 aliphatic heterocycles. The molecule has 0 unspecified atom stereocenters. The third-order valence-corrected chi connectivity index (χ3v) is 3.87. The van der Waals surface area contributed by atoms with Crippen molar-refractivity contribution in [2.75, 3.05) is 18.5 Å². The minimum absolute atomic E-state index is 0.219. The molecule has 1 aliphatic rings. The van der Waals surface area contributed by atoms with Gasteiger partial charge in [-0.2, -0.15) is 0 Å². The van der Waals surface area contributed by atoms with Crippen molar-refractivity contribution in [3.05, 3.63) is 52.0 Å². The first kappa shape index (κ1) is 13.9. The van der Waals surface area contributed by atoms with Crippen molar-refractivity contribution in [1.29, 1.82) is 0 Å². The van der Waals surface area contributed by atoms with Crippen LogP contribution in [-0.4, -0.2) is 19.1 Å². The molecule has 1 amide bonds. The van der Waals surface area contributed by atoms with Gasteiger partial charge in [0.05, 0.1) is 11.3 Å². The van der Waals surface area contributed by atoms with E-state index in [1.165, 1.54) is 0 Å². The Balaban J connectivity index is 1.91. The molecule has 0 aromatic heterocycles. The summed E-state index contributed by atoms with van der Waals surface area (Å²) in [5.41, 5.74) is 2.28. The van der Waals surface area contributed by atoms with Crippen LogP contribution in [0.3, 0.4) is 0 Å². The molecule has 108 valence electrons. The minimum Gasteiger partial charge on any atom is -0.486 e. The van der Waals surface area contributed by atoms with E-state index in [0.29, 0.717) is 30.3 Å². The molecule has 0 bridgehead atoms.